The first-order valence-electron chi connectivity index (χ1n) is 8.68. The Balaban J connectivity index is 4.73. The van der Waals surface area contributed by atoms with E-state index in [1.807, 2.05) is 52.0 Å². The van der Waals surface area contributed by atoms with Gasteiger partial charge in [0, 0.05) is 6.08 Å². The van der Waals surface area contributed by atoms with Crippen LogP contribution in [0.2, 0.25) is 0 Å². The van der Waals surface area contributed by atoms with Gasteiger partial charge in [-0.15, -0.1) is 0 Å². The number of allylic oxidation sites excluding steroid dienone is 7. The molecule has 0 spiro atoms. The number of aliphatic carboxylic acids is 1. The van der Waals surface area contributed by atoms with Gasteiger partial charge in [0.2, 0.25) is 0 Å². The van der Waals surface area contributed by atoms with Crippen LogP contribution in [0.25, 0.3) is 0 Å². The number of rotatable bonds is 10. The van der Waals surface area contributed by atoms with Gasteiger partial charge < -0.3 is 15.3 Å². The highest BCUT2D eigenvalue weighted by Gasteiger charge is 2.14. The Kier molecular flexibility index (Phi) is 11.2. The molecular formula is C22H32O4. The van der Waals surface area contributed by atoms with Crippen LogP contribution in [0, 0.1) is 0 Å². The second kappa shape index (κ2) is 12.2. The fourth-order valence-corrected chi connectivity index (χ4v) is 2.12. The van der Waals surface area contributed by atoms with Crippen molar-refractivity contribution in [1.29, 1.82) is 0 Å². The number of carbonyl (C=O) groups is 1. The van der Waals surface area contributed by atoms with Crippen LogP contribution in [-0.4, -0.2) is 33.0 Å². The minimum absolute atomic E-state index is 0.373. The van der Waals surface area contributed by atoms with Gasteiger partial charge in [-0.2, -0.15) is 0 Å². The molecule has 0 rings (SSSR count). The zero-order valence-electron chi connectivity index (χ0n) is 16.4. The van der Waals surface area contributed by atoms with Crippen molar-refractivity contribution in [2.75, 3.05) is 0 Å². The molecule has 4 heteroatoms. The zero-order chi connectivity index (χ0) is 20.2. The second-order valence-corrected chi connectivity index (χ2v) is 6.88. The minimum Gasteiger partial charge on any atom is -0.478 e. The Hall–Kier alpha value is -2.17. The molecule has 144 valence electrons. The molecule has 3 N–H and O–H groups in total. The van der Waals surface area contributed by atoms with E-state index in [4.69, 9.17) is 5.11 Å². The molecule has 2 unspecified atom stereocenters. The molecule has 0 saturated heterocycles. The maximum Gasteiger partial charge on any atom is 0.328 e. The summed E-state index contributed by atoms with van der Waals surface area (Å²) in [5.41, 5.74) is 1.93. The van der Waals surface area contributed by atoms with Crippen LogP contribution in [0.3, 0.4) is 0 Å². The SMILES string of the molecule is CC(C)=CCC(O)C(C)=CC=CC(C)=CC(C)(O)CC=CC=CC(=O)O. The third-order valence-corrected chi connectivity index (χ3v) is 3.55. The Morgan fingerprint density at radius 1 is 1.08 bits per heavy atom. The Morgan fingerprint density at radius 3 is 2.31 bits per heavy atom. The van der Waals surface area contributed by atoms with Gasteiger partial charge in [-0.3, -0.25) is 0 Å². The first-order valence-corrected chi connectivity index (χ1v) is 8.68. The predicted molar refractivity (Wildman–Crippen MR) is 108 cm³/mol. The highest BCUT2D eigenvalue weighted by Crippen LogP contribution is 2.15. The summed E-state index contributed by atoms with van der Waals surface area (Å²) in [6, 6.07) is 0. The quantitative estimate of drug-likeness (QED) is 0.305. The van der Waals surface area contributed by atoms with Gasteiger partial charge in [-0.1, -0.05) is 59.8 Å². The third kappa shape index (κ3) is 13.2. The molecule has 0 aliphatic heterocycles. The number of hydrogen-bond acceptors (Lipinski definition) is 3. The lowest BCUT2D eigenvalue weighted by atomic mass is 9.98. The Bertz CT molecular complexity index is 625. The molecular weight excluding hydrogens is 328 g/mol. The molecule has 0 bridgehead atoms. The summed E-state index contributed by atoms with van der Waals surface area (Å²) in [6.07, 6.45) is 15.6. The third-order valence-electron chi connectivity index (χ3n) is 3.55. The smallest absolute Gasteiger partial charge is 0.328 e. The van der Waals surface area contributed by atoms with Crippen LogP contribution < -0.4 is 0 Å². The maximum atomic E-state index is 10.4. The topological polar surface area (TPSA) is 77.8 Å². The first kappa shape index (κ1) is 23.8. The molecule has 0 aromatic carbocycles. The van der Waals surface area contributed by atoms with Crippen molar-refractivity contribution in [1.82, 2.24) is 0 Å². The number of aliphatic hydroxyl groups is 2. The fraction of sp³-hybridized carbons (Fsp3) is 0.409. The molecule has 26 heavy (non-hydrogen) atoms. The molecule has 0 heterocycles. The van der Waals surface area contributed by atoms with Crippen LogP contribution in [0.15, 0.2) is 71.4 Å². The number of carboxylic acids is 1. The lowest BCUT2D eigenvalue weighted by Gasteiger charge is -2.17. The van der Waals surface area contributed by atoms with Crippen LogP contribution in [0.1, 0.15) is 47.5 Å². The number of carboxylic acid groups (broad SMARTS) is 1. The summed E-state index contributed by atoms with van der Waals surface area (Å²) < 4.78 is 0. The molecule has 4 nitrogen and oxygen atoms in total. The Labute approximate surface area is 157 Å². The summed E-state index contributed by atoms with van der Waals surface area (Å²) in [6.45, 7) is 9.48. The highest BCUT2D eigenvalue weighted by atomic mass is 16.4. The summed E-state index contributed by atoms with van der Waals surface area (Å²) >= 11 is 0. The largest absolute Gasteiger partial charge is 0.478 e. The van der Waals surface area contributed by atoms with E-state index in [-0.39, 0.29) is 0 Å². The van der Waals surface area contributed by atoms with Gasteiger partial charge >= 0.3 is 5.97 Å². The van der Waals surface area contributed by atoms with Crippen LogP contribution in [-0.2, 0) is 4.79 Å². The molecule has 0 radical (unpaired) electrons. The van der Waals surface area contributed by atoms with Crippen molar-refractivity contribution < 1.29 is 20.1 Å². The summed E-state index contributed by atoms with van der Waals surface area (Å²) in [7, 11) is 0. The molecule has 0 aromatic rings. The molecule has 2 atom stereocenters. The average Bonchev–Trinajstić information content (AvgIpc) is 2.50. The minimum atomic E-state index is -1.02. The molecule has 0 saturated carbocycles. The maximum absolute atomic E-state index is 10.4. The van der Waals surface area contributed by atoms with Crippen molar-refractivity contribution in [3.63, 3.8) is 0 Å². The predicted octanol–water partition coefficient (Wildman–Crippen LogP) is 4.49. The van der Waals surface area contributed by atoms with Crippen molar-refractivity contribution >= 4 is 5.97 Å². The average molecular weight is 360 g/mol. The fourth-order valence-electron chi connectivity index (χ4n) is 2.12. The van der Waals surface area contributed by atoms with E-state index in [1.54, 1.807) is 25.2 Å². The lowest BCUT2D eigenvalue weighted by Crippen LogP contribution is -2.19. The van der Waals surface area contributed by atoms with E-state index < -0.39 is 17.7 Å². The standard InChI is InChI=1S/C22H32O4/c1-17(2)13-14-20(23)19(4)11-9-10-18(3)16-22(5,26)15-8-6-7-12-21(24)25/h6-13,16,20,23,26H,14-15H2,1-5H3,(H,24,25). The molecule has 0 aliphatic carbocycles. The van der Waals surface area contributed by atoms with Gasteiger partial charge in [0.05, 0.1) is 11.7 Å². The van der Waals surface area contributed by atoms with E-state index in [0.717, 1.165) is 17.2 Å². The van der Waals surface area contributed by atoms with E-state index >= 15 is 0 Å². The van der Waals surface area contributed by atoms with Crippen LogP contribution in [0.5, 0.6) is 0 Å². The van der Waals surface area contributed by atoms with Crippen molar-refractivity contribution in [2.24, 2.45) is 0 Å². The van der Waals surface area contributed by atoms with E-state index in [1.165, 1.54) is 11.6 Å². The summed E-state index contributed by atoms with van der Waals surface area (Å²) in [5, 5.41) is 28.9. The zero-order valence-corrected chi connectivity index (χ0v) is 16.4. The number of aliphatic hydroxyl groups excluding tert-OH is 1. The van der Waals surface area contributed by atoms with Gasteiger partial charge in [0.15, 0.2) is 0 Å². The molecule has 0 aliphatic rings. The first-order chi connectivity index (χ1) is 12.0. The number of hydrogen-bond donors (Lipinski definition) is 3. The van der Waals surface area contributed by atoms with Gasteiger partial charge in [-0.25, -0.2) is 4.79 Å². The molecule has 0 fully saturated rings. The highest BCUT2D eigenvalue weighted by molar-refractivity contribution is 5.80. The van der Waals surface area contributed by atoms with Crippen molar-refractivity contribution in [3.05, 3.63) is 71.4 Å². The van der Waals surface area contributed by atoms with Gasteiger partial charge in [-0.05, 0) is 53.0 Å². The molecule has 0 amide bonds. The normalized spacial score (nSPS) is 17.0. The van der Waals surface area contributed by atoms with Crippen LogP contribution >= 0.6 is 0 Å². The monoisotopic (exact) mass is 360 g/mol. The van der Waals surface area contributed by atoms with Crippen LogP contribution in [0.4, 0.5) is 0 Å². The lowest BCUT2D eigenvalue weighted by molar-refractivity contribution is -0.131. The van der Waals surface area contributed by atoms with E-state index in [9.17, 15) is 15.0 Å². The second-order valence-electron chi connectivity index (χ2n) is 6.88. The Morgan fingerprint density at radius 2 is 1.73 bits per heavy atom. The molecule has 0 aromatic heterocycles. The summed E-state index contributed by atoms with van der Waals surface area (Å²) in [5.74, 6) is -1.00. The van der Waals surface area contributed by atoms with Crippen molar-refractivity contribution in [2.45, 2.75) is 59.2 Å². The van der Waals surface area contributed by atoms with Gasteiger partial charge in [0.25, 0.3) is 0 Å². The van der Waals surface area contributed by atoms with Gasteiger partial charge in [0.1, 0.15) is 0 Å². The van der Waals surface area contributed by atoms with Crippen molar-refractivity contribution in [3.8, 4) is 0 Å². The van der Waals surface area contributed by atoms with E-state index in [2.05, 4.69) is 0 Å². The van der Waals surface area contributed by atoms with E-state index in [0.29, 0.717) is 12.8 Å². The summed E-state index contributed by atoms with van der Waals surface area (Å²) in [4.78, 5) is 10.4.